The fourth-order valence-corrected chi connectivity index (χ4v) is 3.03. The molecule has 0 aliphatic carbocycles. The van der Waals surface area contributed by atoms with Gasteiger partial charge in [-0.3, -0.25) is 9.59 Å². The number of carbonyl (C=O) groups excluding carboxylic acids is 2. The molecule has 160 valence electrons. The lowest BCUT2D eigenvalue weighted by molar-refractivity contribution is -0.122. The molecule has 0 atom stereocenters. The van der Waals surface area contributed by atoms with E-state index in [2.05, 4.69) is 20.9 Å². The van der Waals surface area contributed by atoms with Gasteiger partial charge >= 0.3 is 0 Å². The third-order valence-electron chi connectivity index (χ3n) is 4.77. The number of methoxy groups -OCH3 is 1. The van der Waals surface area contributed by atoms with Gasteiger partial charge in [0.15, 0.2) is 17.2 Å². The number of rotatable bonds is 7. The quantitative estimate of drug-likeness (QED) is 0.596. The van der Waals surface area contributed by atoms with E-state index >= 15 is 0 Å². The molecule has 10 nitrogen and oxygen atoms in total. The predicted molar refractivity (Wildman–Crippen MR) is 110 cm³/mol. The standard InChI is InChI=1S/C21H21N5O5/c1-13-20(21(28)23-15-4-6-16(29-2)7-5-15)24-25-26(13)11-19(27)22-10-14-3-8-17-18(9-14)31-12-30-17/h3-9H,10-12H2,1-2H3,(H,22,27)(H,23,28). The second-order valence-corrected chi connectivity index (χ2v) is 6.83. The van der Waals surface area contributed by atoms with Gasteiger partial charge in [-0.15, -0.1) is 5.10 Å². The lowest BCUT2D eigenvalue weighted by Crippen LogP contribution is -2.28. The number of benzene rings is 2. The molecule has 0 bridgehead atoms. The smallest absolute Gasteiger partial charge is 0.278 e. The number of fused-ring (bicyclic) bond motifs is 1. The highest BCUT2D eigenvalue weighted by molar-refractivity contribution is 6.03. The lowest BCUT2D eigenvalue weighted by Gasteiger charge is -2.08. The van der Waals surface area contributed by atoms with Crippen molar-refractivity contribution in [1.29, 1.82) is 0 Å². The van der Waals surface area contributed by atoms with Crippen molar-refractivity contribution in [2.45, 2.75) is 20.0 Å². The van der Waals surface area contributed by atoms with Crippen LogP contribution in [0.4, 0.5) is 5.69 Å². The zero-order valence-corrected chi connectivity index (χ0v) is 17.0. The number of anilines is 1. The number of ether oxygens (including phenoxy) is 3. The highest BCUT2D eigenvalue weighted by Crippen LogP contribution is 2.32. The minimum atomic E-state index is -0.408. The third-order valence-corrected chi connectivity index (χ3v) is 4.77. The number of amides is 2. The van der Waals surface area contributed by atoms with E-state index in [0.29, 0.717) is 35.2 Å². The van der Waals surface area contributed by atoms with Gasteiger partial charge in [0.2, 0.25) is 12.7 Å². The first kappa shape index (κ1) is 20.2. The van der Waals surface area contributed by atoms with Crippen LogP contribution in [0.3, 0.4) is 0 Å². The SMILES string of the molecule is COc1ccc(NC(=O)c2nnn(CC(=O)NCc3ccc4c(c3)OCO4)c2C)cc1. The molecule has 0 saturated heterocycles. The Bertz CT molecular complexity index is 1110. The van der Waals surface area contributed by atoms with Crippen LogP contribution in [0.2, 0.25) is 0 Å². The van der Waals surface area contributed by atoms with Crippen LogP contribution < -0.4 is 24.8 Å². The van der Waals surface area contributed by atoms with Crippen LogP contribution >= 0.6 is 0 Å². The Kier molecular flexibility index (Phi) is 5.69. The van der Waals surface area contributed by atoms with Crippen molar-refractivity contribution >= 4 is 17.5 Å². The number of nitrogens with zero attached hydrogens (tertiary/aromatic N) is 3. The molecule has 31 heavy (non-hydrogen) atoms. The van der Waals surface area contributed by atoms with Gasteiger partial charge in [-0.2, -0.15) is 0 Å². The average Bonchev–Trinajstić information content (AvgIpc) is 3.39. The summed E-state index contributed by atoms with van der Waals surface area (Å²) in [6.07, 6.45) is 0. The van der Waals surface area contributed by atoms with Crippen LogP contribution in [0.15, 0.2) is 42.5 Å². The highest BCUT2D eigenvalue weighted by Gasteiger charge is 2.18. The van der Waals surface area contributed by atoms with E-state index in [0.717, 1.165) is 5.56 Å². The normalized spacial score (nSPS) is 11.8. The van der Waals surface area contributed by atoms with E-state index in [1.807, 2.05) is 12.1 Å². The van der Waals surface area contributed by atoms with Gasteiger partial charge < -0.3 is 24.8 Å². The molecule has 4 rings (SSSR count). The van der Waals surface area contributed by atoms with Crippen molar-refractivity contribution in [2.75, 3.05) is 19.2 Å². The van der Waals surface area contributed by atoms with Crippen LogP contribution in [0, 0.1) is 6.92 Å². The maximum Gasteiger partial charge on any atom is 0.278 e. The van der Waals surface area contributed by atoms with E-state index in [-0.39, 0.29) is 24.9 Å². The summed E-state index contributed by atoms with van der Waals surface area (Å²) < 4.78 is 17.1. The molecule has 1 aliphatic heterocycles. The molecular weight excluding hydrogens is 402 g/mol. The van der Waals surface area contributed by atoms with E-state index in [1.54, 1.807) is 44.4 Å². The molecular formula is C21H21N5O5. The minimum absolute atomic E-state index is 0.0563. The van der Waals surface area contributed by atoms with Gasteiger partial charge in [-0.1, -0.05) is 11.3 Å². The highest BCUT2D eigenvalue weighted by atomic mass is 16.7. The van der Waals surface area contributed by atoms with Crippen molar-refractivity contribution in [2.24, 2.45) is 0 Å². The van der Waals surface area contributed by atoms with Crippen molar-refractivity contribution < 1.29 is 23.8 Å². The number of carbonyl (C=O) groups is 2. The van der Waals surface area contributed by atoms with Crippen molar-refractivity contribution in [1.82, 2.24) is 20.3 Å². The molecule has 1 aromatic heterocycles. The van der Waals surface area contributed by atoms with Crippen molar-refractivity contribution in [3.63, 3.8) is 0 Å². The predicted octanol–water partition coefficient (Wildman–Crippen LogP) is 1.89. The number of hydrogen-bond donors (Lipinski definition) is 2. The topological polar surface area (TPSA) is 117 Å². The first-order chi connectivity index (χ1) is 15.0. The van der Waals surface area contributed by atoms with Gasteiger partial charge in [-0.25, -0.2) is 4.68 Å². The molecule has 0 spiro atoms. The Balaban J connectivity index is 1.33. The molecule has 0 saturated carbocycles. The largest absolute Gasteiger partial charge is 0.497 e. The minimum Gasteiger partial charge on any atom is -0.497 e. The summed E-state index contributed by atoms with van der Waals surface area (Å²) in [7, 11) is 1.57. The molecule has 0 unspecified atom stereocenters. The monoisotopic (exact) mass is 423 g/mol. The van der Waals surface area contributed by atoms with Crippen molar-refractivity contribution in [3.05, 3.63) is 59.4 Å². The Labute approximate surface area is 178 Å². The van der Waals surface area contributed by atoms with Crippen LogP contribution in [0.1, 0.15) is 21.7 Å². The van der Waals surface area contributed by atoms with E-state index in [9.17, 15) is 9.59 Å². The van der Waals surface area contributed by atoms with E-state index in [4.69, 9.17) is 14.2 Å². The Morgan fingerprint density at radius 2 is 1.90 bits per heavy atom. The first-order valence-corrected chi connectivity index (χ1v) is 9.54. The number of hydrogen-bond acceptors (Lipinski definition) is 7. The summed E-state index contributed by atoms with van der Waals surface area (Å²) >= 11 is 0. The summed E-state index contributed by atoms with van der Waals surface area (Å²) in [5.41, 5.74) is 2.12. The maximum atomic E-state index is 12.5. The lowest BCUT2D eigenvalue weighted by atomic mass is 10.2. The van der Waals surface area contributed by atoms with Crippen LogP contribution in [0.5, 0.6) is 17.2 Å². The molecule has 2 aromatic carbocycles. The summed E-state index contributed by atoms with van der Waals surface area (Å²) in [6.45, 7) is 2.16. The summed E-state index contributed by atoms with van der Waals surface area (Å²) in [6, 6.07) is 12.4. The molecule has 1 aliphatic rings. The second-order valence-electron chi connectivity index (χ2n) is 6.83. The van der Waals surface area contributed by atoms with Gasteiger partial charge in [0.25, 0.3) is 5.91 Å². The van der Waals surface area contributed by atoms with Gasteiger partial charge in [0, 0.05) is 12.2 Å². The summed E-state index contributed by atoms with van der Waals surface area (Å²) in [5, 5.41) is 13.4. The van der Waals surface area contributed by atoms with Crippen LogP contribution in [0.25, 0.3) is 0 Å². The van der Waals surface area contributed by atoms with Crippen LogP contribution in [-0.2, 0) is 17.9 Å². The Morgan fingerprint density at radius 1 is 1.13 bits per heavy atom. The third kappa shape index (κ3) is 4.58. The summed E-state index contributed by atoms with van der Waals surface area (Å²) in [4.78, 5) is 24.8. The van der Waals surface area contributed by atoms with E-state index in [1.165, 1.54) is 4.68 Å². The zero-order valence-electron chi connectivity index (χ0n) is 17.0. The molecule has 0 radical (unpaired) electrons. The Hall–Kier alpha value is -4.08. The molecule has 10 heteroatoms. The van der Waals surface area contributed by atoms with Crippen molar-refractivity contribution in [3.8, 4) is 17.2 Å². The average molecular weight is 423 g/mol. The van der Waals surface area contributed by atoms with Gasteiger partial charge in [-0.05, 0) is 48.9 Å². The molecule has 2 amide bonds. The first-order valence-electron chi connectivity index (χ1n) is 9.54. The van der Waals surface area contributed by atoms with Crippen LogP contribution in [-0.4, -0.2) is 40.7 Å². The fraction of sp³-hybridized carbons (Fsp3) is 0.238. The summed E-state index contributed by atoms with van der Waals surface area (Å²) in [5.74, 6) is 1.37. The second kappa shape index (κ2) is 8.74. The maximum absolute atomic E-state index is 12.5. The Morgan fingerprint density at radius 3 is 2.68 bits per heavy atom. The molecule has 2 N–H and O–H groups in total. The molecule has 3 aromatic rings. The molecule has 0 fully saturated rings. The zero-order chi connectivity index (χ0) is 21.8. The number of nitrogens with one attached hydrogen (secondary N) is 2. The fourth-order valence-electron chi connectivity index (χ4n) is 3.03. The van der Waals surface area contributed by atoms with Gasteiger partial charge in [0.05, 0.1) is 12.8 Å². The molecule has 2 heterocycles. The van der Waals surface area contributed by atoms with Gasteiger partial charge in [0.1, 0.15) is 12.3 Å². The number of aromatic nitrogens is 3. The van der Waals surface area contributed by atoms with E-state index < -0.39 is 5.91 Å².